The summed E-state index contributed by atoms with van der Waals surface area (Å²) in [7, 11) is 0. The summed E-state index contributed by atoms with van der Waals surface area (Å²) < 4.78 is 0. The van der Waals surface area contributed by atoms with Gasteiger partial charge >= 0.3 is 5.97 Å². The van der Waals surface area contributed by atoms with Crippen molar-refractivity contribution in [2.24, 2.45) is 0 Å². The normalized spacial score (nSPS) is 19.3. The number of benzene rings is 2. The highest BCUT2D eigenvalue weighted by Gasteiger charge is 2.55. The lowest BCUT2D eigenvalue weighted by Gasteiger charge is -2.31. The molecule has 6 nitrogen and oxygen atoms in total. The van der Waals surface area contributed by atoms with Gasteiger partial charge in [0.25, 0.3) is 0 Å². The van der Waals surface area contributed by atoms with Crippen LogP contribution in [0.5, 0.6) is 0 Å². The molecule has 0 aliphatic carbocycles. The fourth-order valence-electron chi connectivity index (χ4n) is 4.16. The second-order valence-corrected chi connectivity index (χ2v) is 8.93. The fraction of sp³-hybridized carbons (Fsp3) is 0.0952. The van der Waals surface area contributed by atoms with Gasteiger partial charge in [-0.2, -0.15) is 0 Å². The predicted molar refractivity (Wildman–Crippen MR) is 116 cm³/mol. The molecule has 150 valence electrons. The highest BCUT2D eigenvalue weighted by atomic mass is 35.5. The lowest BCUT2D eigenvalue weighted by molar-refractivity contribution is -0.125. The molecule has 1 unspecified atom stereocenters. The fourth-order valence-corrected chi connectivity index (χ4v) is 5.87. The van der Waals surface area contributed by atoms with Crippen LogP contribution in [-0.4, -0.2) is 22.9 Å². The maximum Gasteiger partial charge on any atom is 0.346 e. The molecule has 2 amide bonds. The van der Waals surface area contributed by atoms with Gasteiger partial charge < -0.3 is 15.7 Å². The third-order valence-electron chi connectivity index (χ3n) is 5.40. The van der Waals surface area contributed by atoms with Crippen LogP contribution in [0.15, 0.2) is 42.5 Å². The summed E-state index contributed by atoms with van der Waals surface area (Å²) in [5, 5.41) is 16.3. The Morgan fingerprint density at radius 3 is 2.60 bits per heavy atom. The summed E-state index contributed by atoms with van der Waals surface area (Å²) >= 11 is 13.5. The van der Waals surface area contributed by atoms with E-state index in [1.54, 1.807) is 42.5 Å². The number of hydrogen-bond acceptors (Lipinski definition) is 4. The predicted octanol–water partition coefficient (Wildman–Crippen LogP) is 5.00. The topological polar surface area (TPSA) is 95.5 Å². The zero-order chi connectivity index (χ0) is 21.2. The van der Waals surface area contributed by atoms with Crippen molar-refractivity contribution in [3.63, 3.8) is 0 Å². The number of halogens is 2. The number of nitrogens with one attached hydrogen (secondary N) is 2. The van der Waals surface area contributed by atoms with Gasteiger partial charge in [-0.25, -0.2) is 4.79 Å². The Bertz CT molecular complexity index is 1290. The van der Waals surface area contributed by atoms with Crippen LogP contribution in [0.1, 0.15) is 26.5 Å². The highest BCUT2D eigenvalue weighted by molar-refractivity contribution is 7.15. The van der Waals surface area contributed by atoms with E-state index in [2.05, 4.69) is 10.6 Å². The van der Waals surface area contributed by atoms with Gasteiger partial charge in [0.2, 0.25) is 11.8 Å². The van der Waals surface area contributed by atoms with Gasteiger partial charge in [0, 0.05) is 26.9 Å². The van der Waals surface area contributed by atoms with Crippen molar-refractivity contribution in [1.29, 1.82) is 0 Å². The molecular formula is C21H12Cl2N2O4S. The lowest BCUT2D eigenvalue weighted by Crippen LogP contribution is -2.42. The molecule has 2 aliphatic heterocycles. The van der Waals surface area contributed by atoms with E-state index < -0.39 is 17.3 Å². The van der Waals surface area contributed by atoms with Crippen LogP contribution >= 0.6 is 34.5 Å². The quantitative estimate of drug-likeness (QED) is 0.503. The smallest absolute Gasteiger partial charge is 0.346 e. The number of carbonyl (C=O) groups is 3. The van der Waals surface area contributed by atoms with Crippen LogP contribution in [0, 0.1) is 0 Å². The molecule has 1 atom stereocenters. The second kappa shape index (κ2) is 6.57. The second-order valence-electron chi connectivity index (χ2n) is 7.07. The van der Waals surface area contributed by atoms with Crippen molar-refractivity contribution in [2.75, 3.05) is 10.6 Å². The third-order valence-corrected chi connectivity index (χ3v) is 7.30. The molecular weight excluding hydrogens is 447 g/mol. The van der Waals surface area contributed by atoms with Crippen molar-refractivity contribution in [2.45, 2.75) is 11.8 Å². The Morgan fingerprint density at radius 1 is 1.10 bits per heavy atom. The molecule has 0 saturated carbocycles. The van der Waals surface area contributed by atoms with E-state index in [4.69, 9.17) is 23.2 Å². The molecule has 5 rings (SSSR count). The Kier molecular flexibility index (Phi) is 4.18. The van der Waals surface area contributed by atoms with Gasteiger partial charge in [0.1, 0.15) is 10.3 Å². The maximum atomic E-state index is 13.2. The molecule has 0 saturated heterocycles. The first-order chi connectivity index (χ1) is 14.3. The van der Waals surface area contributed by atoms with Gasteiger partial charge in [-0.05, 0) is 29.8 Å². The molecule has 3 N–H and O–H groups in total. The van der Waals surface area contributed by atoms with Crippen LogP contribution < -0.4 is 10.6 Å². The van der Waals surface area contributed by atoms with E-state index in [-0.39, 0.29) is 17.2 Å². The van der Waals surface area contributed by atoms with Crippen LogP contribution in [0.4, 0.5) is 11.4 Å². The average Bonchev–Trinajstić information content (AvgIpc) is 3.20. The zero-order valence-electron chi connectivity index (χ0n) is 15.1. The molecule has 2 aromatic carbocycles. The van der Waals surface area contributed by atoms with E-state index in [9.17, 15) is 19.5 Å². The number of thiophene rings is 1. The summed E-state index contributed by atoms with van der Waals surface area (Å²) in [6.45, 7) is 0. The number of carboxylic acid groups (broad SMARTS) is 1. The van der Waals surface area contributed by atoms with Crippen molar-refractivity contribution in [1.82, 2.24) is 0 Å². The molecule has 30 heavy (non-hydrogen) atoms. The molecule has 3 heterocycles. The summed E-state index contributed by atoms with van der Waals surface area (Å²) in [5.74, 6) is -1.95. The first kappa shape index (κ1) is 19.1. The molecule has 0 bridgehead atoms. The summed E-state index contributed by atoms with van der Waals surface area (Å²) in [6, 6.07) is 11.8. The van der Waals surface area contributed by atoms with Gasteiger partial charge in [-0.15, -0.1) is 11.3 Å². The monoisotopic (exact) mass is 458 g/mol. The lowest BCUT2D eigenvalue weighted by atomic mass is 9.74. The van der Waals surface area contributed by atoms with Crippen molar-refractivity contribution in [3.8, 4) is 11.1 Å². The molecule has 1 aromatic heterocycles. The summed E-state index contributed by atoms with van der Waals surface area (Å²) in [4.78, 5) is 38.6. The maximum absolute atomic E-state index is 13.2. The van der Waals surface area contributed by atoms with Crippen LogP contribution in [0.25, 0.3) is 11.1 Å². The average molecular weight is 459 g/mol. The minimum Gasteiger partial charge on any atom is -0.477 e. The number of carbonyl (C=O) groups excluding carboxylic acids is 2. The number of amides is 2. The Balaban J connectivity index is 1.88. The van der Waals surface area contributed by atoms with Crippen LogP contribution in [0.2, 0.25) is 10.0 Å². The highest BCUT2D eigenvalue weighted by Crippen LogP contribution is 2.57. The minimum atomic E-state index is -1.35. The Morgan fingerprint density at radius 2 is 1.87 bits per heavy atom. The largest absolute Gasteiger partial charge is 0.477 e. The molecule has 0 radical (unpaired) electrons. The molecule has 2 aliphatic rings. The van der Waals surface area contributed by atoms with E-state index in [1.165, 1.54) is 0 Å². The van der Waals surface area contributed by atoms with Crippen molar-refractivity contribution in [3.05, 3.63) is 67.8 Å². The van der Waals surface area contributed by atoms with Gasteiger partial charge in [0.15, 0.2) is 0 Å². The molecule has 0 fully saturated rings. The van der Waals surface area contributed by atoms with Gasteiger partial charge in [-0.1, -0.05) is 41.4 Å². The standard InChI is InChI=1S/C21H12Cl2N2O4S/c22-9-5-6-13-11(7-9)21(20(29)24-13)8-14(26)25-16-15(10-3-1-2-4-12(10)23)17(19(27)28)30-18(16)21/h1-7H,8H2,(H,24,29)(H,25,26)(H,27,28). The van der Waals surface area contributed by atoms with E-state index in [0.29, 0.717) is 43.0 Å². The molecule has 3 aromatic rings. The Hall–Kier alpha value is -2.87. The molecule has 1 spiro atoms. The number of fused-ring (bicyclic) bond motifs is 4. The summed E-state index contributed by atoms with van der Waals surface area (Å²) in [6.07, 6.45) is -0.152. The van der Waals surface area contributed by atoms with Gasteiger partial charge in [0.05, 0.1) is 17.0 Å². The van der Waals surface area contributed by atoms with Crippen LogP contribution in [-0.2, 0) is 15.0 Å². The van der Waals surface area contributed by atoms with E-state index >= 15 is 0 Å². The summed E-state index contributed by atoms with van der Waals surface area (Å²) in [5.41, 5.74) is 0.811. The first-order valence-corrected chi connectivity index (χ1v) is 10.5. The SMILES string of the molecule is O=C1CC2(C(=O)Nc3ccc(Cl)cc32)c2sc(C(=O)O)c(-c3ccccc3Cl)c2N1. The van der Waals surface area contributed by atoms with E-state index in [1.807, 2.05) is 0 Å². The zero-order valence-corrected chi connectivity index (χ0v) is 17.4. The first-order valence-electron chi connectivity index (χ1n) is 8.89. The third kappa shape index (κ3) is 2.52. The minimum absolute atomic E-state index is 0.00190. The number of aromatic carboxylic acids is 1. The van der Waals surface area contributed by atoms with Crippen molar-refractivity contribution < 1.29 is 19.5 Å². The van der Waals surface area contributed by atoms with E-state index in [0.717, 1.165) is 11.3 Å². The van der Waals surface area contributed by atoms with Gasteiger partial charge in [-0.3, -0.25) is 9.59 Å². The van der Waals surface area contributed by atoms with Crippen LogP contribution in [0.3, 0.4) is 0 Å². The Labute approximate surface area is 184 Å². The number of hydrogen-bond donors (Lipinski definition) is 3. The number of anilines is 2. The molecule has 9 heteroatoms. The number of rotatable bonds is 2. The van der Waals surface area contributed by atoms with Crippen molar-refractivity contribution >= 4 is 63.7 Å². The number of carboxylic acids is 1.